The topological polar surface area (TPSA) is 58.2 Å². The first-order valence-electron chi connectivity index (χ1n) is 7.80. The number of carbonyl (C=O) groups excluding carboxylic acids is 2. The maximum absolute atomic E-state index is 12.3. The smallest absolute Gasteiger partial charge is 0.237 e. The van der Waals surface area contributed by atoms with E-state index in [1.54, 1.807) is 6.92 Å². The highest BCUT2D eigenvalue weighted by Crippen LogP contribution is 2.19. The van der Waals surface area contributed by atoms with E-state index in [1.807, 2.05) is 62.4 Å². The Morgan fingerprint density at radius 3 is 2.46 bits per heavy atom. The molecule has 0 radical (unpaired) electrons. The number of hydrogen-bond donors (Lipinski definition) is 2. The quantitative estimate of drug-likeness (QED) is 0.834. The molecule has 0 bridgehead atoms. The fourth-order valence-corrected chi connectivity index (χ4v) is 2.78. The molecule has 2 aromatic carbocycles. The van der Waals surface area contributed by atoms with Crippen LogP contribution < -0.4 is 10.6 Å². The van der Waals surface area contributed by atoms with Gasteiger partial charge in [0.05, 0.1) is 11.0 Å². The standard InChI is InChI=1S/C19H22N2O2S/c1-13-9-10-14(2)17(11-13)21-19(23)15(3)24-12-18(22)20-16-7-5-4-6-8-16/h4-11,15H,12H2,1-3H3,(H,20,22)(H,21,23)/t15-/m1/s1. The molecular formula is C19H22N2O2S. The Morgan fingerprint density at radius 2 is 1.75 bits per heavy atom. The summed E-state index contributed by atoms with van der Waals surface area (Å²) < 4.78 is 0. The van der Waals surface area contributed by atoms with Crippen LogP contribution in [0.3, 0.4) is 0 Å². The molecule has 2 amide bonds. The van der Waals surface area contributed by atoms with E-state index in [4.69, 9.17) is 0 Å². The molecule has 126 valence electrons. The molecule has 0 aliphatic heterocycles. The molecule has 1 atom stereocenters. The highest BCUT2D eigenvalue weighted by atomic mass is 32.2. The van der Waals surface area contributed by atoms with E-state index in [2.05, 4.69) is 10.6 Å². The first-order chi connectivity index (χ1) is 11.5. The van der Waals surface area contributed by atoms with Gasteiger partial charge >= 0.3 is 0 Å². The van der Waals surface area contributed by atoms with Crippen molar-refractivity contribution in [3.05, 3.63) is 59.7 Å². The first-order valence-corrected chi connectivity index (χ1v) is 8.85. The van der Waals surface area contributed by atoms with Crippen LogP contribution in [-0.2, 0) is 9.59 Å². The van der Waals surface area contributed by atoms with Gasteiger partial charge in [-0.05, 0) is 50.1 Å². The fraction of sp³-hybridized carbons (Fsp3) is 0.263. The van der Waals surface area contributed by atoms with Crippen molar-refractivity contribution in [2.24, 2.45) is 0 Å². The number of amides is 2. The van der Waals surface area contributed by atoms with Crippen molar-refractivity contribution >= 4 is 35.0 Å². The van der Waals surface area contributed by atoms with Crippen LogP contribution in [-0.4, -0.2) is 22.8 Å². The Labute approximate surface area is 147 Å². The third-order valence-electron chi connectivity index (χ3n) is 3.54. The van der Waals surface area contributed by atoms with Crippen molar-refractivity contribution in [3.8, 4) is 0 Å². The molecule has 0 aliphatic carbocycles. The average molecular weight is 342 g/mol. The molecule has 2 N–H and O–H groups in total. The Morgan fingerprint density at radius 1 is 1.04 bits per heavy atom. The Hall–Kier alpha value is -2.27. The van der Waals surface area contributed by atoms with Crippen LogP contribution in [0.25, 0.3) is 0 Å². The molecule has 0 aliphatic rings. The number of thioether (sulfide) groups is 1. The predicted molar refractivity (Wildman–Crippen MR) is 102 cm³/mol. The van der Waals surface area contributed by atoms with E-state index in [1.165, 1.54) is 11.8 Å². The highest BCUT2D eigenvalue weighted by Gasteiger charge is 2.16. The lowest BCUT2D eigenvalue weighted by molar-refractivity contribution is -0.115. The second-order valence-electron chi connectivity index (χ2n) is 5.68. The molecule has 0 unspecified atom stereocenters. The lowest BCUT2D eigenvalue weighted by atomic mass is 10.1. The van der Waals surface area contributed by atoms with Crippen LogP contribution in [0.5, 0.6) is 0 Å². The number of rotatable bonds is 6. The van der Waals surface area contributed by atoms with Gasteiger partial charge < -0.3 is 10.6 Å². The van der Waals surface area contributed by atoms with Crippen LogP contribution in [0, 0.1) is 13.8 Å². The number of anilines is 2. The van der Waals surface area contributed by atoms with E-state index < -0.39 is 0 Å². The monoisotopic (exact) mass is 342 g/mol. The summed E-state index contributed by atoms with van der Waals surface area (Å²) in [5, 5.41) is 5.43. The van der Waals surface area contributed by atoms with E-state index in [0.717, 1.165) is 22.5 Å². The summed E-state index contributed by atoms with van der Waals surface area (Å²) in [7, 11) is 0. The molecule has 0 fully saturated rings. The summed E-state index contributed by atoms with van der Waals surface area (Å²) in [5.41, 5.74) is 3.70. The van der Waals surface area contributed by atoms with Crippen molar-refractivity contribution in [3.63, 3.8) is 0 Å². The van der Waals surface area contributed by atoms with Gasteiger partial charge in [0.2, 0.25) is 11.8 Å². The number of hydrogen-bond acceptors (Lipinski definition) is 3. The van der Waals surface area contributed by atoms with Crippen molar-refractivity contribution in [2.75, 3.05) is 16.4 Å². The molecule has 0 saturated heterocycles. The van der Waals surface area contributed by atoms with Crippen molar-refractivity contribution in [1.82, 2.24) is 0 Å². The van der Waals surface area contributed by atoms with Crippen LogP contribution >= 0.6 is 11.8 Å². The van der Waals surface area contributed by atoms with Crippen molar-refractivity contribution in [1.29, 1.82) is 0 Å². The molecule has 2 aromatic rings. The Kier molecular flexibility index (Phi) is 6.44. The Bertz CT molecular complexity index is 717. The molecule has 0 heterocycles. The summed E-state index contributed by atoms with van der Waals surface area (Å²) in [4.78, 5) is 24.2. The zero-order chi connectivity index (χ0) is 17.5. The van der Waals surface area contributed by atoms with Gasteiger partial charge in [0, 0.05) is 11.4 Å². The maximum Gasteiger partial charge on any atom is 0.237 e. The molecule has 0 saturated carbocycles. The number of aryl methyl sites for hydroxylation is 2. The predicted octanol–water partition coefficient (Wildman–Crippen LogP) is 4.00. The molecule has 24 heavy (non-hydrogen) atoms. The van der Waals surface area contributed by atoms with Gasteiger partial charge in [0.15, 0.2) is 0 Å². The van der Waals surface area contributed by atoms with Crippen LogP contribution in [0.15, 0.2) is 48.5 Å². The lowest BCUT2D eigenvalue weighted by Crippen LogP contribution is -2.25. The summed E-state index contributed by atoms with van der Waals surface area (Å²) in [6, 6.07) is 15.2. The van der Waals surface area contributed by atoms with Gasteiger partial charge in [-0.3, -0.25) is 9.59 Å². The van der Waals surface area contributed by atoms with Gasteiger partial charge in [-0.2, -0.15) is 0 Å². The zero-order valence-electron chi connectivity index (χ0n) is 14.1. The minimum absolute atomic E-state index is 0.0961. The largest absolute Gasteiger partial charge is 0.325 e. The molecule has 4 nitrogen and oxygen atoms in total. The molecule has 5 heteroatoms. The number of benzene rings is 2. The number of nitrogens with one attached hydrogen (secondary N) is 2. The second-order valence-corrected chi connectivity index (χ2v) is 7.00. The average Bonchev–Trinajstić information content (AvgIpc) is 2.57. The highest BCUT2D eigenvalue weighted by molar-refractivity contribution is 8.01. The lowest BCUT2D eigenvalue weighted by Gasteiger charge is -2.14. The normalized spacial score (nSPS) is 11.6. The summed E-state index contributed by atoms with van der Waals surface area (Å²) >= 11 is 1.32. The minimum Gasteiger partial charge on any atom is -0.325 e. The van der Waals surface area contributed by atoms with Gasteiger partial charge in [-0.1, -0.05) is 30.3 Å². The summed E-state index contributed by atoms with van der Waals surface area (Å²) in [6.45, 7) is 5.75. The van der Waals surface area contributed by atoms with Crippen LogP contribution in [0.4, 0.5) is 11.4 Å². The fourth-order valence-electron chi connectivity index (χ4n) is 2.10. The molecule has 0 spiro atoms. The number of para-hydroxylation sites is 1. The van der Waals surface area contributed by atoms with Gasteiger partial charge in [0.1, 0.15) is 0 Å². The van der Waals surface area contributed by atoms with E-state index in [-0.39, 0.29) is 22.8 Å². The van der Waals surface area contributed by atoms with Crippen LogP contribution in [0.1, 0.15) is 18.1 Å². The SMILES string of the molecule is Cc1ccc(C)c(NC(=O)[C@@H](C)SCC(=O)Nc2ccccc2)c1. The van der Waals surface area contributed by atoms with E-state index in [9.17, 15) is 9.59 Å². The van der Waals surface area contributed by atoms with Crippen LogP contribution in [0.2, 0.25) is 0 Å². The summed E-state index contributed by atoms with van der Waals surface area (Å²) in [5.74, 6) is 0.0230. The molecule has 2 rings (SSSR count). The van der Waals surface area contributed by atoms with Gasteiger partial charge in [-0.15, -0.1) is 11.8 Å². The Balaban J connectivity index is 1.83. The van der Waals surface area contributed by atoms with Gasteiger partial charge in [0.25, 0.3) is 0 Å². The molecule has 0 aromatic heterocycles. The maximum atomic E-state index is 12.3. The first kappa shape index (κ1) is 18.1. The zero-order valence-corrected chi connectivity index (χ0v) is 14.9. The third kappa shape index (κ3) is 5.42. The minimum atomic E-state index is -0.313. The summed E-state index contributed by atoms with van der Waals surface area (Å²) in [6.07, 6.45) is 0. The van der Waals surface area contributed by atoms with Gasteiger partial charge in [-0.25, -0.2) is 0 Å². The molecular weight excluding hydrogens is 320 g/mol. The van der Waals surface area contributed by atoms with Crippen molar-refractivity contribution < 1.29 is 9.59 Å². The van der Waals surface area contributed by atoms with Crippen molar-refractivity contribution in [2.45, 2.75) is 26.0 Å². The van der Waals surface area contributed by atoms with E-state index >= 15 is 0 Å². The second kappa shape index (κ2) is 8.55. The third-order valence-corrected chi connectivity index (χ3v) is 4.69. The van der Waals surface area contributed by atoms with E-state index in [0.29, 0.717) is 0 Å². The number of carbonyl (C=O) groups is 2.